The molecule has 0 unspecified atom stereocenters. The lowest BCUT2D eigenvalue weighted by Crippen LogP contribution is -2.41. The normalized spacial score (nSPS) is 16.6. The molecule has 0 N–H and O–H groups in total. The van der Waals surface area contributed by atoms with Crippen molar-refractivity contribution < 1.29 is 9.59 Å². The summed E-state index contributed by atoms with van der Waals surface area (Å²) in [6.07, 6.45) is 3.81. The fourth-order valence-corrected chi connectivity index (χ4v) is 1.74. The van der Waals surface area contributed by atoms with Crippen LogP contribution in [-0.4, -0.2) is 33.5 Å². The third-order valence-electron chi connectivity index (χ3n) is 2.60. The summed E-state index contributed by atoms with van der Waals surface area (Å²) in [5.74, 6) is -0.139. The minimum atomic E-state index is -0.0693. The second-order valence-corrected chi connectivity index (χ2v) is 3.76. The van der Waals surface area contributed by atoms with E-state index in [9.17, 15) is 9.59 Å². The molecule has 1 fully saturated rings. The average Bonchev–Trinajstić information content (AvgIpc) is 2.30. The predicted octanol–water partition coefficient (Wildman–Crippen LogP) is 0.558. The standard InChI is InChI=1S/C11H13N3O2/c15-10-4-1-5-11(16)14(10)8-6-9-3-2-7-12-13-9/h2-3,7H,1,4-6,8H2. The third kappa shape index (κ3) is 2.42. The molecule has 5 heteroatoms. The van der Waals surface area contributed by atoms with E-state index >= 15 is 0 Å². The smallest absolute Gasteiger partial charge is 0.229 e. The van der Waals surface area contributed by atoms with E-state index in [0.717, 1.165) is 5.69 Å². The molecular formula is C11H13N3O2. The average molecular weight is 219 g/mol. The van der Waals surface area contributed by atoms with Crippen molar-refractivity contribution in [3.63, 3.8) is 0 Å². The Bertz CT molecular complexity index is 375. The van der Waals surface area contributed by atoms with Crippen LogP contribution < -0.4 is 0 Å². The van der Waals surface area contributed by atoms with Gasteiger partial charge in [-0.15, -0.1) is 0 Å². The zero-order valence-corrected chi connectivity index (χ0v) is 8.93. The van der Waals surface area contributed by atoms with Crippen LogP contribution in [0.5, 0.6) is 0 Å². The van der Waals surface area contributed by atoms with E-state index < -0.39 is 0 Å². The van der Waals surface area contributed by atoms with Crippen molar-refractivity contribution in [1.82, 2.24) is 15.1 Å². The van der Waals surface area contributed by atoms with Crippen LogP contribution in [0, 0.1) is 0 Å². The molecule has 0 radical (unpaired) electrons. The SMILES string of the molecule is O=C1CCCC(=O)N1CCc1cccnn1. The molecule has 0 aliphatic carbocycles. The van der Waals surface area contributed by atoms with Crippen LogP contribution in [-0.2, 0) is 16.0 Å². The summed E-state index contributed by atoms with van der Waals surface area (Å²) < 4.78 is 0. The molecule has 5 nitrogen and oxygen atoms in total. The molecule has 2 amide bonds. The highest BCUT2D eigenvalue weighted by Crippen LogP contribution is 2.12. The fourth-order valence-electron chi connectivity index (χ4n) is 1.74. The van der Waals surface area contributed by atoms with E-state index in [0.29, 0.717) is 32.2 Å². The number of likely N-dealkylation sites (tertiary alicyclic amines) is 1. The molecular weight excluding hydrogens is 206 g/mol. The van der Waals surface area contributed by atoms with Crippen molar-refractivity contribution in [3.05, 3.63) is 24.0 Å². The first-order valence-electron chi connectivity index (χ1n) is 5.37. The second-order valence-electron chi connectivity index (χ2n) is 3.76. The summed E-state index contributed by atoms with van der Waals surface area (Å²) in [6, 6.07) is 3.63. The van der Waals surface area contributed by atoms with Crippen molar-refractivity contribution in [2.24, 2.45) is 0 Å². The molecule has 1 aliphatic heterocycles. The highest BCUT2D eigenvalue weighted by molar-refractivity contribution is 5.97. The molecule has 84 valence electrons. The minimum absolute atomic E-state index is 0.0693. The van der Waals surface area contributed by atoms with E-state index in [-0.39, 0.29) is 11.8 Å². The number of amides is 2. The number of nitrogens with zero attached hydrogens (tertiary/aromatic N) is 3. The topological polar surface area (TPSA) is 63.2 Å². The Morgan fingerprint density at radius 1 is 1.25 bits per heavy atom. The number of hydrogen-bond acceptors (Lipinski definition) is 4. The monoisotopic (exact) mass is 219 g/mol. The number of rotatable bonds is 3. The van der Waals surface area contributed by atoms with E-state index in [1.54, 1.807) is 12.3 Å². The van der Waals surface area contributed by atoms with Gasteiger partial charge in [0.15, 0.2) is 0 Å². The van der Waals surface area contributed by atoms with Crippen molar-refractivity contribution in [1.29, 1.82) is 0 Å². The van der Waals surface area contributed by atoms with Crippen LogP contribution in [0.2, 0.25) is 0 Å². The van der Waals surface area contributed by atoms with Gasteiger partial charge >= 0.3 is 0 Å². The van der Waals surface area contributed by atoms with E-state index in [1.165, 1.54) is 4.90 Å². The maximum absolute atomic E-state index is 11.5. The Morgan fingerprint density at radius 2 is 2.00 bits per heavy atom. The maximum atomic E-state index is 11.5. The number of piperidine rings is 1. The number of hydrogen-bond donors (Lipinski definition) is 0. The first-order valence-corrected chi connectivity index (χ1v) is 5.37. The predicted molar refractivity (Wildman–Crippen MR) is 56.3 cm³/mol. The van der Waals surface area contributed by atoms with Gasteiger partial charge in [-0.05, 0) is 18.6 Å². The lowest BCUT2D eigenvalue weighted by atomic mass is 10.1. The van der Waals surface area contributed by atoms with Crippen LogP contribution in [0.15, 0.2) is 18.3 Å². The van der Waals surface area contributed by atoms with Gasteiger partial charge in [-0.2, -0.15) is 10.2 Å². The largest absolute Gasteiger partial charge is 0.282 e. The van der Waals surface area contributed by atoms with Gasteiger partial charge in [0.25, 0.3) is 0 Å². The van der Waals surface area contributed by atoms with Gasteiger partial charge in [0.1, 0.15) is 0 Å². The van der Waals surface area contributed by atoms with Crippen molar-refractivity contribution >= 4 is 11.8 Å². The molecule has 2 heterocycles. The summed E-state index contributed by atoms with van der Waals surface area (Å²) in [5.41, 5.74) is 0.800. The number of carbonyl (C=O) groups excluding carboxylic acids is 2. The van der Waals surface area contributed by atoms with Crippen LogP contribution in [0.4, 0.5) is 0 Å². The third-order valence-corrected chi connectivity index (χ3v) is 2.60. The fraction of sp³-hybridized carbons (Fsp3) is 0.455. The zero-order valence-electron chi connectivity index (χ0n) is 8.93. The summed E-state index contributed by atoms with van der Waals surface area (Å²) in [4.78, 5) is 24.3. The van der Waals surface area contributed by atoms with Crippen LogP contribution in [0.1, 0.15) is 25.0 Å². The van der Waals surface area contributed by atoms with E-state index in [4.69, 9.17) is 0 Å². The van der Waals surface area contributed by atoms with Gasteiger partial charge in [-0.1, -0.05) is 0 Å². The summed E-state index contributed by atoms with van der Waals surface area (Å²) in [5, 5.41) is 7.66. The van der Waals surface area contributed by atoms with Gasteiger partial charge in [0.2, 0.25) is 11.8 Å². The molecule has 1 saturated heterocycles. The van der Waals surface area contributed by atoms with Crippen LogP contribution in [0.3, 0.4) is 0 Å². The van der Waals surface area contributed by atoms with Gasteiger partial charge in [0.05, 0.1) is 5.69 Å². The van der Waals surface area contributed by atoms with Gasteiger partial charge in [0, 0.05) is 32.0 Å². The molecule has 1 aromatic rings. The van der Waals surface area contributed by atoms with Gasteiger partial charge in [-0.3, -0.25) is 14.5 Å². The zero-order chi connectivity index (χ0) is 11.4. The molecule has 1 aliphatic rings. The van der Waals surface area contributed by atoms with E-state index in [2.05, 4.69) is 10.2 Å². The summed E-state index contributed by atoms with van der Waals surface area (Å²) in [6.45, 7) is 0.413. The van der Waals surface area contributed by atoms with Crippen molar-refractivity contribution in [3.8, 4) is 0 Å². The Morgan fingerprint density at radius 3 is 2.62 bits per heavy atom. The molecule has 0 saturated carbocycles. The molecule has 2 rings (SSSR count). The summed E-state index contributed by atoms with van der Waals surface area (Å²) in [7, 11) is 0. The molecule has 0 spiro atoms. The molecule has 0 bridgehead atoms. The Balaban J connectivity index is 1.94. The Labute approximate surface area is 93.5 Å². The maximum Gasteiger partial charge on any atom is 0.229 e. The minimum Gasteiger partial charge on any atom is -0.282 e. The van der Waals surface area contributed by atoms with Crippen molar-refractivity contribution in [2.75, 3.05) is 6.54 Å². The Hall–Kier alpha value is -1.78. The molecule has 0 aromatic carbocycles. The lowest BCUT2D eigenvalue weighted by Gasteiger charge is -2.24. The molecule has 0 atom stereocenters. The number of carbonyl (C=O) groups is 2. The molecule has 16 heavy (non-hydrogen) atoms. The van der Waals surface area contributed by atoms with Gasteiger partial charge < -0.3 is 0 Å². The van der Waals surface area contributed by atoms with Crippen LogP contribution >= 0.6 is 0 Å². The first kappa shape index (κ1) is 10.7. The molecule has 1 aromatic heterocycles. The highest BCUT2D eigenvalue weighted by Gasteiger charge is 2.25. The van der Waals surface area contributed by atoms with Crippen LogP contribution in [0.25, 0.3) is 0 Å². The number of aromatic nitrogens is 2. The summed E-state index contributed by atoms with van der Waals surface area (Å²) >= 11 is 0. The Kier molecular flexibility index (Phi) is 3.24. The van der Waals surface area contributed by atoms with E-state index in [1.807, 2.05) is 6.07 Å². The lowest BCUT2D eigenvalue weighted by molar-refractivity contribution is -0.147. The van der Waals surface area contributed by atoms with Gasteiger partial charge in [-0.25, -0.2) is 0 Å². The first-order chi connectivity index (χ1) is 7.77. The number of imide groups is 1. The highest BCUT2D eigenvalue weighted by atomic mass is 16.2. The quantitative estimate of drug-likeness (QED) is 0.697. The second kappa shape index (κ2) is 4.83. The van der Waals surface area contributed by atoms with Crippen molar-refractivity contribution in [2.45, 2.75) is 25.7 Å².